The highest BCUT2D eigenvalue weighted by Gasteiger charge is 2.35. The monoisotopic (exact) mass is 465 g/mol. The molecule has 1 aliphatic rings. The summed E-state index contributed by atoms with van der Waals surface area (Å²) in [7, 11) is 1.75. The van der Waals surface area contributed by atoms with Crippen LogP contribution in [-0.4, -0.2) is 34.2 Å². The van der Waals surface area contributed by atoms with Gasteiger partial charge in [-0.25, -0.2) is 9.97 Å². The molecule has 0 aliphatic carbocycles. The summed E-state index contributed by atoms with van der Waals surface area (Å²) < 4.78 is 48.5. The fourth-order valence-electron chi connectivity index (χ4n) is 3.90. The van der Waals surface area contributed by atoms with Gasteiger partial charge in [0.25, 0.3) is 0 Å². The van der Waals surface area contributed by atoms with Gasteiger partial charge in [0.2, 0.25) is 0 Å². The summed E-state index contributed by atoms with van der Waals surface area (Å²) in [6.07, 6.45) is -0.285. The van der Waals surface area contributed by atoms with Crippen LogP contribution in [0.25, 0.3) is 22.3 Å². The molecule has 0 spiro atoms. The molecule has 32 heavy (non-hydrogen) atoms. The topological polar surface area (TPSA) is 75.8 Å². The van der Waals surface area contributed by atoms with E-state index in [1.807, 2.05) is 6.07 Å². The summed E-state index contributed by atoms with van der Waals surface area (Å²) in [5.41, 5.74) is 0.807. The highest BCUT2D eigenvalue weighted by molar-refractivity contribution is 5.85. The SMILES string of the molecule is Cl.Cn1cnc2c(C#N)nc(-c3ccc(OCCC4CCNCC4)c(C(F)(F)F)c3)cc21. The molecule has 1 saturated heterocycles. The molecule has 1 fully saturated rings. The second-order valence-electron chi connectivity index (χ2n) is 7.73. The molecule has 0 saturated carbocycles. The Morgan fingerprint density at radius 1 is 1.25 bits per heavy atom. The van der Waals surface area contributed by atoms with Crippen LogP contribution in [0.4, 0.5) is 13.2 Å². The van der Waals surface area contributed by atoms with Crippen LogP contribution >= 0.6 is 12.4 Å². The number of fused-ring (bicyclic) bond motifs is 1. The number of aryl methyl sites for hydroxylation is 1. The molecular formula is C22H23ClF3N5O. The van der Waals surface area contributed by atoms with Crippen molar-refractivity contribution in [2.24, 2.45) is 13.0 Å². The lowest BCUT2D eigenvalue weighted by atomic mass is 9.95. The molecule has 0 unspecified atom stereocenters. The van der Waals surface area contributed by atoms with Crippen molar-refractivity contribution in [3.63, 3.8) is 0 Å². The number of aromatic nitrogens is 3. The van der Waals surface area contributed by atoms with Crippen molar-refractivity contribution in [1.82, 2.24) is 19.9 Å². The van der Waals surface area contributed by atoms with E-state index in [9.17, 15) is 18.4 Å². The van der Waals surface area contributed by atoms with Gasteiger partial charge in [0.05, 0.1) is 29.7 Å². The zero-order valence-electron chi connectivity index (χ0n) is 17.4. The van der Waals surface area contributed by atoms with Crippen molar-refractivity contribution in [2.45, 2.75) is 25.4 Å². The van der Waals surface area contributed by atoms with E-state index in [1.165, 1.54) is 12.4 Å². The van der Waals surface area contributed by atoms with Gasteiger partial charge in [-0.15, -0.1) is 12.4 Å². The Bertz CT molecular complexity index is 1130. The van der Waals surface area contributed by atoms with Gasteiger partial charge >= 0.3 is 6.18 Å². The standard InChI is InChI=1S/C22H22F3N5O.ClH/c1-30-13-28-21-18(12-26)29-17(11-19(21)30)15-2-3-20(16(10-15)22(23,24)25)31-9-6-14-4-7-27-8-5-14;/h2-3,10-11,13-14,27H,4-9H2,1H3;1H. The Morgan fingerprint density at radius 2 is 2.00 bits per heavy atom. The van der Waals surface area contributed by atoms with Crippen molar-refractivity contribution in [3.8, 4) is 23.1 Å². The van der Waals surface area contributed by atoms with Crippen molar-refractivity contribution < 1.29 is 17.9 Å². The van der Waals surface area contributed by atoms with Crippen LogP contribution in [0.3, 0.4) is 0 Å². The second kappa shape index (κ2) is 9.76. The third-order valence-corrected chi connectivity index (χ3v) is 5.64. The Labute approximate surface area is 189 Å². The van der Waals surface area contributed by atoms with Crippen molar-refractivity contribution in [1.29, 1.82) is 5.26 Å². The van der Waals surface area contributed by atoms with E-state index >= 15 is 0 Å². The molecule has 10 heteroatoms. The Morgan fingerprint density at radius 3 is 2.69 bits per heavy atom. The van der Waals surface area contributed by atoms with E-state index in [0.717, 1.165) is 38.4 Å². The maximum Gasteiger partial charge on any atom is 0.419 e. The number of imidazole rings is 1. The van der Waals surface area contributed by atoms with E-state index in [-0.39, 0.29) is 41.7 Å². The summed E-state index contributed by atoms with van der Waals surface area (Å²) in [5, 5.41) is 12.7. The van der Waals surface area contributed by atoms with E-state index in [0.29, 0.717) is 17.0 Å². The molecule has 1 N–H and O–H groups in total. The van der Waals surface area contributed by atoms with Crippen molar-refractivity contribution in [3.05, 3.63) is 41.9 Å². The zero-order chi connectivity index (χ0) is 22.0. The maximum absolute atomic E-state index is 13.8. The highest BCUT2D eigenvalue weighted by atomic mass is 35.5. The first-order chi connectivity index (χ1) is 14.9. The van der Waals surface area contributed by atoms with E-state index < -0.39 is 11.7 Å². The number of alkyl halides is 3. The van der Waals surface area contributed by atoms with Crippen LogP contribution in [-0.2, 0) is 13.2 Å². The summed E-state index contributed by atoms with van der Waals surface area (Å²) in [4.78, 5) is 8.37. The lowest BCUT2D eigenvalue weighted by molar-refractivity contribution is -0.138. The number of rotatable bonds is 5. The Hall–Kier alpha value is -2.83. The first kappa shape index (κ1) is 23.8. The summed E-state index contributed by atoms with van der Waals surface area (Å²) in [6.45, 7) is 2.11. The van der Waals surface area contributed by atoms with Gasteiger partial charge in [-0.3, -0.25) is 0 Å². The summed E-state index contributed by atoms with van der Waals surface area (Å²) in [5.74, 6) is 0.279. The molecule has 3 aromatic rings. The average molecular weight is 466 g/mol. The predicted octanol–water partition coefficient (Wildman–Crippen LogP) is 4.72. The van der Waals surface area contributed by atoms with Crippen LogP contribution in [0, 0.1) is 17.2 Å². The highest BCUT2D eigenvalue weighted by Crippen LogP contribution is 2.39. The molecule has 0 atom stereocenters. The van der Waals surface area contributed by atoms with Crippen LogP contribution in [0.5, 0.6) is 5.75 Å². The first-order valence-electron chi connectivity index (χ1n) is 10.1. The molecule has 1 aromatic carbocycles. The number of hydrogen-bond donors (Lipinski definition) is 1. The molecule has 2 aromatic heterocycles. The minimum atomic E-state index is -4.57. The molecule has 170 valence electrons. The lowest BCUT2D eigenvalue weighted by Crippen LogP contribution is -2.28. The van der Waals surface area contributed by atoms with Gasteiger partial charge in [-0.1, -0.05) is 0 Å². The van der Waals surface area contributed by atoms with Gasteiger partial charge in [0, 0.05) is 12.6 Å². The molecule has 6 nitrogen and oxygen atoms in total. The number of nitrogens with one attached hydrogen (secondary N) is 1. The number of ether oxygens (including phenoxy) is 1. The Balaban J connectivity index is 0.00000289. The molecule has 3 heterocycles. The van der Waals surface area contributed by atoms with Crippen LogP contribution in [0.15, 0.2) is 30.6 Å². The van der Waals surface area contributed by atoms with Crippen LogP contribution < -0.4 is 10.1 Å². The second-order valence-corrected chi connectivity index (χ2v) is 7.73. The van der Waals surface area contributed by atoms with E-state index in [1.54, 1.807) is 23.7 Å². The third kappa shape index (κ3) is 4.97. The number of hydrogen-bond acceptors (Lipinski definition) is 5. The number of benzene rings is 1. The quantitative estimate of drug-likeness (QED) is 0.590. The minimum Gasteiger partial charge on any atom is -0.493 e. The molecule has 0 amide bonds. The normalized spacial score (nSPS) is 14.7. The smallest absolute Gasteiger partial charge is 0.419 e. The average Bonchev–Trinajstić information content (AvgIpc) is 3.14. The summed E-state index contributed by atoms with van der Waals surface area (Å²) in [6, 6.07) is 7.52. The minimum absolute atomic E-state index is 0. The third-order valence-electron chi connectivity index (χ3n) is 5.64. The fraction of sp³-hybridized carbons (Fsp3) is 0.409. The Kier molecular flexibility index (Phi) is 7.26. The number of nitriles is 1. The lowest BCUT2D eigenvalue weighted by Gasteiger charge is -2.23. The predicted molar refractivity (Wildman–Crippen MR) is 117 cm³/mol. The number of halogens is 4. The molecule has 0 bridgehead atoms. The summed E-state index contributed by atoms with van der Waals surface area (Å²) >= 11 is 0. The van der Waals surface area contributed by atoms with Crippen molar-refractivity contribution in [2.75, 3.05) is 19.7 Å². The maximum atomic E-state index is 13.8. The molecule has 1 aliphatic heterocycles. The molecular weight excluding hydrogens is 443 g/mol. The first-order valence-corrected chi connectivity index (χ1v) is 10.1. The van der Waals surface area contributed by atoms with Gasteiger partial charge in [0.15, 0.2) is 5.69 Å². The fourth-order valence-corrected chi connectivity index (χ4v) is 3.90. The van der Waals surface area contributed by atoms with Crippen molar-refractivity contribution >= 4 is 23.4 Å². The van der Waals surface area contributed by atoms with Gasteiger partial charge in [-0.05, 0) is 62.5 Å². The van der Waals surface area contributed by atoms with Gasteiger partial charge in [0.1, 0.15) is 17.3 Å². The molecule has 4 rings (SSSR count). The van der Waals surface area contributed by atoms with Gasteiger partial charge < -0.3 is 14.6 Å². The van der Waals surface area contributed by atoms with E-state index in [4.69, 9.17) is 4.74 Å². The van der Waals surface area contributed by atoms with E-state index in [2.05, 4.69) is 15.3 Å². The van der Waals surface area contributed by atoms with Crippen LogP contribution in [0.2, 0.25) is 0 Å². The molecule has 0 radical (unpaired) electrons. The largest absolute Gasteiger partial charge is 0.493 e. The number of nitrogens with zero attached hydrogens (tertiary/aromatic N) is 4. The van der Waals surface area contributed by atoms with Gasteiger partial charge in [-0.2, -0.15) is 18.4 Å². The zero-order valence-corrected chi connectivity index (χ0v) is 18.3. The van der Waals surface area contributed by atoms with Crippen LogP contribution in [0.1, 0.15) is 30.5 Å². The number of pyridine rings is 1. The number of piperidine rings is 1.